The predicted octanol–water partition coefficient (Wildman–Crippen LogP) is 6.31. The second-order valence-corrected chi connectivity index (χ2v) is 9.39. The molecule has 0 atom stereocenters. The molecule has 0 spiro atoms. The first-order valence-corrected chi connectivity index (χ1v) is 12.3. The van der Waals surface area contributed by atoms with Crippen LogP contribution in [0.4, 0.5) is 13.2 Å². The minimum absolute atomic E-state index is 0.0406. The van der Waals surface area contributed by atoms with Crippen molar-refractivity contribution in [2.24, 2.45) is 0 Å². The Bertz CT molecular complexity index is 1580. The maximum absolute atomic E-state index is 14.0. The highest BCUT2D eigenvalue weighted by Gasteiger charge is 2.35. The van der Waals surface area contributed by atoms with Gasteiger partial charge in [0, 0.05) is 55.9 Å². The second kappa shape index (κ2) is 10.4. The van der Waals surface area contributed by atoms with Crippen molar-refractivity contribution in [2.45, 2.75) is 25.1 Å². The lowest BCUT2D eigenvalue weighted by atomic mass is 10.0. The number of amides is 1. The SMILES string of the molecule is CN(C)C(=O)c1ccc(-c2cc3nccc(-c4ccc(OC5CCOCC5)c(C#N)c4)c3o2)c(C(F)(F)F)c1. The molecular formula is C29H24F3N3O4. The molecule has 2 aromatic heterocycles. The summed E-state index contributed by atoms with van der Waals surface area (Å²) < 4.78 is 59.5. The molecule has 1 amide bonds. The van der Waals surface area contributed by atoms with Crippen LogP contribution in [-0.2, 0) is 10.9 Å². The number of nitrogens with zero attached hydrogens (tertiary/aromatic N) is 3. The predicted molar refractivity (Wildman–Crippen MR) is 137 cm³/mol. The molecule has 39 heavy (non-hydrogen) atoms. The Balaban J connectivity index is 1.55. The fourth-order valence-electron chi connectivity index (χ4n) is 4.54. The second-order valence-electron chi connectivity index (χ2n) is 9.39. The number of rotatable bonds is 5. The molecule has 10 heteroatoms. The minimum atomic E-state index is -4.73. The van der Waals surface area contributed by atoms with Gasteiger partial charge in [0.1, 0.15) is 29.2 Å². The van der Waals surface area contributed by atoms with Crippen LogP contribution in [0.3, 0.4) is 0 Å². The molecule has 3 heterocycles. The third kappa shape index (κ3) is 5.31. The Morgan fingerprint density at radius 3 is 2.54 bits per heavy atom. The van der Waals surface area contributed by atoms with E-state index in [1.165, 1.54) is 43.4 Å². The van der Waals surface area contributed by atoms with E-state index in [4.69, 9.17) is 13.9 Å². The molecule has 1 aliphatic rings. The molecule has 1 aliphatic heterocycles. The van der Waals surface area contributed by atoms with E-state index in [0.29, 0.717) is 41.2 Å². The van der Waals surface area contributed by atoms with Crippen LogP contribution in [0.25, 0.3) is 33.6 Å². The molecule has 0 aliphatic carbocycles. The first-order chi connectivity index (χ1) is 18.7. The van der Waals surface area contributed by atoms with E-state index in [-0.39, 0.29) is 28.6 Å². The van der Waals surface area contributed by atoms with Gasteiger partial charge in [-0.3, -0.25) is 9.78 Å². The summed E-state index contributed by atoms with van der Waals surface area (Å²) in [6.07, 6.45) is -1.78. The van der Waals surface area contributed by atoms with Crippen LogP contribution in [-0.4, -0.2) is 49.2 Å². The number of alkyl halides is 3. The summed E-state index contributed by atoms with van der Waals surface area (Å²) in [7, 11) is 2.94. The third-order valence-electron chi connectivity index (χ3n) is 6.53. The number of pyridine rings is 1. The van der Waals surface area contributed by atoms with Gasteiger partial charge >= 0.3 is 6.18 Å². The molecule has 5 rings (SSSR count). The largest absolute Gasteiger partial charge is 0.489 e. The number of hydrogen-bond donors (Lipinski definition) is 0. The maximum Gasteiger partial charge on any atom is 0.417 e. The van der Waals surface area contributed by atoms with Gasteiger partial charge in [-0.1, -0.05) is 6.07 Å². The Labute approximate surface area is 222 Å². The van der Waals surface area contributed by atoms with Gasteiger partial charge in [0.2, 0.25) is 0 Å². The lowest BCUT2D eigenvalue weighted by Gasteiger charge is -2.23. The van der Waals surface area contributed by atoms with Crippen LogP contribution in [0.2, 0.25) is 0 Å². The molecule has 0 unspecified atom stereocenters. The Kier molecular flexibility index (Phi) is 7.02. The number of fused-ring (bicyclic) bond motifs is 1. The van der Waals surface area contributed by atoms with Crippen LogP contribution >= 0.6 is 0 Å². The molecule has 200 valence electrons. The van der Waals surface area contributed by atoms with E-state index in [1.54, 1.807) is 24.3 Å². The topological polar surface area (TPSA) is 88.6 Å². The average Bonchev–Trinajstić information content (AvgIpc) is 3.37. The van der Waals surface area contributed by atoms with Gasteiger partial charge < -0.3 is 18.8 Å². The summed E-state index contributed by atoms with van der Waals surface area (Å²) in [5.41, 5.74) is 0.864. The van der Waals surface area contributed by atoms with Crippen molar-refractivity contribution in [2.75, 3.05) is 27.3 Å². The molecule has 0 radical (unpaired) electrons. The van der Waals surface area contributed by atoms with E-state index in [0.717, 1.165) is 18.9 Å². The molecule has 0 saturated carbocycles. The van der Waals surface area contributed by atoms with Gasteiger partial charge in [0.05, 0.1) is 24.3 Å². The summed E-state index contributed by atoms with van der Waals surface area (Å²) >= 11 is 0. The van der Waals surface area contributed by atoms with Crippen molar-refractivity contribution in [3.8, 4) is 34.3 Å². The zero-order valence-corrected chi connectivity index (χ0v) is 21.2. The highest BCUT2D eigenvalue weighted by atomic mass is 19.4. The van der Waals surface area contributed by atoms with E-state index in [1.807, 2.05) is 0 Å². The van der Waals surface area contributed by atoms with Gasteiger partial charge in [-0.15, -0.1) is 0 Å². The van der Waals surface area contributed by atoms with Crippen LogP contribution in [0.15, 0.2) is 59.1 Å². The number of nitriles is 1. The molecular weight excluding hydrogens is 511 g/mol. The number of furan rings is 1. The zero-order chi connectivity index (χ0) is 27.7. The Morgan fingerprint density at radius 2 is 1.85 bits per heavy atom. The average molecular weight is 536 g/mol. The third-order valence-corrected chi connectivity index (χ3v) is 6.53. The Hall–Kier alpha value is -4.36. The first kappa shape index (κ1) is 26.3. The lowest BCUT2D eigenvalue weighted by Crippen LogP contribution is -2.26. The Morgan fingerprint density at radius 1 is 1.08 bits per heavy atom. The van der Waals surface area contributed by atoms with Crippen molar-refractivity contribution in [3.63, 3.8) is 0 Å². The van der Waals surface area contributed by atoms with Crippen LogP contribution < -0.4 is 4.74 Å². The number of carbonyl (C=O) groups is 1. The van der Waals surface area contributed by atoms with Crippen molar-refractivity contribution in [3.05, 3.63) is 71.4 Å². The van der Waals surface area contributed by atoms with E-state index in [9.17, 15) is 23.2 Å². The lowest BCUT2D eigenvalue weighted by molar-refractivity contribution is -0.137. The van der Waals surface area contributed by atoms with Crippen molar-refractivity contribution < 1.29 is 31.9 Å². The fourth-order valence-corrected chi connectivity index (χ4v) is 4.54. The summed E-state index contributed by atoms with van der Waals surface area (Å²) in [6, 6.07) is 13.8. The van der Waals surface area contributed by atoms with Gasteiger partial charge in [-0.2, -0.15) is 18.4 Å². The number of hydrogen-bond acceptors (Lipinski definition) is 6. The van der Waals surface area contributed by atoms with Crippen LogP contribution in [0.5, 0.6) is 5.75 Å². The molecule has 4 aromatic rings. The molecule has 1 fully saturated rings. The van der Waals surface area contributed by atoms with Crippen molar-refractivity contribution >= 4 is 17.0 Å². The molecule has 0 bridgehead atoms. The van der Waals surface area contributed by atoms with Gasteiger partial charge in [-0.25, -0.2) is 0 Å². The number of carbonyl (C=O) groups excluding carboxylic acids is 1. The summed E-state index contributed by atoms with van der Waals surface area (Å²) in [5, 5.41) is 9.76. The summed E-state index contributed by atoms with van der Waals surface area (Å²) in [4.78, 5) is 17.8. The smallest absolute Gasteiger partial charge is 0.417 e. The monoisotopic (exact) mass is 535 g/mol. The standard InChI is InChI=1S/C29H24F3N3O4/c1-35(2)28(36)18-3-5-22(23(14-18)29(30,31)32)26-15-24-27(39-26)21(7-10-34-24)17-4-6-25(19(13-17)16-33)38-20-8-11-37-12-9-20/h3-7,10,13-15,20H,8-9,11-12H2,1-2H3. The first-order valence-electron chi connectivity index (χ1n) is 12.3. The number of halogens is 3. The number of ether oxygens (including phenoxy) is 2. The highest BCUT2D eigenvalue weighted by molar-refractivity contribution is 5.96. The summed E-state index contributed by atoms with van der Waals surface area (Å²) in [5.74, 6) is -0.125. The van der Waals surface area contributed by atoms with Gasteiger partial charge in [-0.05, 0) is 42.0 Å². The number of benzene rings is 2. The van der Waals surface area contributed by atoms with E-state index < -0.39 is 17.6 Å². The minimum Gasteiger partial charge on any atom is -0.489 e. The van der Waals surface area contributed by atoms with Crippen molar-refractivity contribution in [1.29, 1.82) is 5.26 Å². The normalized spacial score (nSPS) is 14.3. The maximum atomic E-state index is 14.0. The quantitative estimate of drug-likeness (QED) is 0.298. The highest BCUT2D eigenvalue weighted by Crippen LogP contribution is 2.41. The molecule has 2 aromatic carbocycles. The fraction of sp³-hybridized carbons (Fsp3) is 0.276. The van der Waals surface area contributed by atoms with E-state index in [2.05, 4.69) is 11.1 Å². The summed E-state index contributed by atoms with van der Waals surface area (Å²) in [6.45, 7) is 1.20. The van der Waals surface area contributed by atoms with Gasteiger partial charge in [0.25, 0.3) is 5.91 Å². The molecule has 1 saturated heterocycles. The van der Waals surface area contributed by atoms with Crippen LogP contribution in [0, 0.1) is 11.3 Å². The van der Waals surface area contributed by atoms with Gasteiger partial charge in [0.15, 0.2) is 5.58 Å². The van der Waals surface area contributed by atoms with E-state index >= 15 is 0 Å². The number of aromatic nitrogens is 1. The van der Waals surface area contributed by atoms with Crippen LogP contribution in [0.1, 0.15) is 34.3 Å². The van der Waals surface area contributed by atoms with Crippen molar-refractivity contribution in [1.82, 2.24) is 9.88 Å². The zero-order valence-electron chi connectivity index (χ0n) is 21.2. The molecule has 0 N–H and O–H groups in total. The molecule has 7 nitrogen and oxygen atoms in total.